The molecule has 0 saturated heterocycles. The van der Waals surface area contributed by atoms with E-state index >= 15 is 0 Å². The third-order valence-electron chi connectivity index (χ3n) is 3.91. The topological polar surface area (TPSA) is 75.3 Å². The molecule has 2 N–H and O–H groups in total. The average molecular weight is 435 g/mol. The normalized spacial score (nSPS) is 11.1. The summed E-state index contributed by atoms with van der Waals surface area (Å²) in [5.41, 5.74) is 1.15. The Kier molecular flexibility index (Phi) is 6.24. The van der Waals surface area contributed by atoms with Crippen LogP contribution in [-0.4, -0.2) is 14.3 Å². The van der Waals surface area contributed by atoms with Gasteiger partial charge in [0.25, 0.3) is 15.9 Å². The largest absolute Gasteiger partial charge is 0.348 e. The van der Waals surface area contributed by atoms with Crippen LogP contribution in [0.3, 0.4) is 0 Å². The van der Waals surface area contributed by atoms with Gasteiger partial charge in [-0.05, 0) is 42.0 Å². The molecule has 3 rings (SSSR count). The molecule has 0 saturated carbocycles. The molecule has 3 aromatic rings. The highest BCUT2D eigenvalue weighted by Crippen LogP contribution is 2.23. The Hall–Kier alpha value is -2.54. The Bertz CT molecular complexity index is 1100. The van der Waals surface area contributed by atoms with Crippen LogP contribution in [0, 0.1) is 0 Å². The van der Waals surface area contributed by atoms with Crippen molar-refractivity contribution in [2.75, 3.05) is 4.72 Å². The van der Waals surface area contributed by atoms with Gasteiger partial charge in [-0.1, -0.05) is 59.6 Å². The van der Waals surface area contributed by atoms with Gasteiger partial charge in [-0.25, -0.2) is 8.42 Å². The molecule has 0 aliphatic heterocycles. The summed E-state index contributed by atoms with van der Waals surface area (Å²) in [6.45, 7) is 0.217. The van der Waals surface area contributed by atoms with Crippen molar-refractivity contribution >= 4 is 44.8 Å². The highest BCUT2D eigenvalue weighted by Gasteiger charge is 2.16. The lowest BCUT2D eigenvalue weighted by Gasteiger charge is -2.12. The second kappa shape index (κ2) is 8.65. The zero-order valence-electron chi connectivity index (χ0n) is 14.5. The molecule has 28 heavy (non-hydrogen) atoms. The third kappa shape index (κ3) is 4.84. The quantitative estimate of drug-likeness (QED) is 0.588. The average Bonchev–Trinajstić information content (AvgIpc) is 2.69. The number of carbonyl (C=O) groups excluding carboxylic acids is 1. The maximum atomic E-state index is 12.5. The van der Waals surface area contributed by atoms with Crippen molar-refractivity contribution < 1.29 is 13.2 Å². The van der Waals surface area contributed by atoms with Crippen LogP contribution in [0.1, 0.15) is 15.9 Å². The van der Waals surface area contributed by atoms with E-state index in [4.69, 9.17) is 23.2 Å². The summed E-state index contributed by atoms with van der Waals surface area (Å²) < 4.78 is 27.4. The summed E-state index contributed by atoms with van der Waals surface area (Å²) in [6.07, 6.45) is 0. The van der Waals surface area contributed by atoms with Gasteiger partial charge in [-0.15, -0.1) is 0 Å². The summed E-state index contributed by atoms with van der Waals surface area (Å²) in [5.74, 6) is -0.439. The number of hydrogen-bond acceptors (Lipinski definition) is 3. The molecule has 0 unspecified atom stereocenters. The molecule has 0 radical (unpaired) electrons. The van der Waals surface area contributed by atoms with E-state index in [1.807, 2.05) is 6.07 Å². The van der Waals surface area contributed by atoms with E-state index in [2.05, 4.69) is 10.0 Å². The Morgan fingerprint density at radius 2 is 1.54 bits per heavy atom. The maximum absolute atomic E-state index is 12.5. The van der Waals surface area contributed by atoms with Crippen LogP contribution in [0.5, 0.6) is 0 Å². The Morgan fingerprint density at radius 1 is 0.857 bits per heavy atom. The van der Waals surface area contributed by atoms with Crippen LogP contribution in [0.15, 0.2) is 77.7 Å². The first-order chi connectivity index (χ1) is 13.4. The fourth-order valence-electron chi connectivity index (χ4n) is 2.49. The highest BCUT2D eigenvalue weighted by molar-refractivity contribution is 7.92. The summed E-state index contributed by atoms with van der Waals surface area (Å²) in [4.78, 5) is 12.6. The van der Waals surface area contributed by atoms with E-state index in [9.17, 15) is 13.2 Å². The van der Waals surface area contributed by atoms with Gasteiger partial charge in [0.1, 0.15) is 0 Å². The van der Waals surface area contributed by atoms with Crippen molar-refractivity contribution in [2.45, 2.75) is 11.4 Å². The lowest BCUT2D eigenvalue weighted by atomic mass is 10.1. The molecule has 0 fully saturated rings. The summed E-state index contributed by atoms with van der Waals surface area (Å²) >= 11 is 12.2. The summed E-state index contributed by atoms with van der Waals surface area (Å²) in [5, 5.41) is 3.48. The molecule has 144 valence electrons. The molecule has 5 nitrogen and oxygen atoms in total. The Balaban J connectivity index is 1.78. The Morgan fingerprint density at radius 3 is 2.25 bits per heavy atom. The number of nitrogens with one attached hydrogen (secondary N) is 2. The maximum Gasteiger partial charge on any atom is 0.261 e. The van der Waals surface area contributed by atoms with E-state index < -0.39 is 15.9 Å². The molecule has 0 bridgehead atoms. The van der Waals surface area contributed by atoms with E-state index in [0.29, 0.717) is 5.02 Å². The zero-order valence-corrected chi connectivity index (χ0v) is 16.9. The first kappa shape index (κ1) is 20.2. The van der Waals surface area contributed by atoms with Crippen LogP contribution in [0.25, 0.3) is 0 Å². The van der Waals surface area contributed by atoms with Crippen LogP contribution >= 0.6 is 23.2 Å². The lowest BCUT2D eigenvalue weighted by Crippen LogP contribution is -2.23. The van der Waals surface area contributed by atoms with Gasteiger partial charge >= 0.3 is 0 Å². The molecule has 0 spiro atoms. The van der Waals surface area contributed by atoms with Gasteiger partial charge in [-0.3, -0.25) is 9.52 Å². The van der Waals surface area contributed by atoms with E-state index in [1.54, 1.807) is 36.4 Å². The van der Waals surface area contributed by atoms with Crippen LogP contribution < -0.4 is 10.0 Å². The second-order valence-corrected chi connectivity index (χ2v) is 8.38. The first-order valence-electron chi connectivity index (χ1n) is 8.26. The molecule has 0 atom stereocenters. The van der Waals surface area contributed by atoms with Crippen molar-refractivity contribution in [3.05, 3.63) is 94.0 Å². The molecule has 0 aliphatic rings. The van der Waals surface area contributed by atoms with E-state index in [0.717, 1.165) is 5.56 Å². The lowest BCUT2D eigenvalue weighted by molar-refractivity contribution is 0.0951. The SMILES string of the molecule is O=C(NCc1ccccc1Cl)c1cc(NS(=O)(=O)c2ccccc2)ccc1Cl. The number of sulfonamides is 1. The van der Waals surface area contributed by atoms with Crippen LogP contribution in [0.4, 0.5) is 5.69 Å². The number of anilines is 1. The minimum absolute atomic E-state index is 0.120. The van der Waals surface area contributed by atoms with E-state index in [-0.39, 0.29) is 27.7 Å². The third-order valence-corrected chi connectivity index (χ3v) is 6.01. The molecular weight excluding hydrogens is 419 g/mol. The van der Waals surface area contributed by atoms with Crippen LogP contribution in [-0.2, 0) is 16.6 Å². The van der Waals surface area contributed by atoms with Crippen molar-refractivity contribution in [3.63, 3.8) is 0 Å². The summed E-state index contributed by atoms with van der Waals surface area (Å²) in [7, 11) is -3.77. The molecular formula is C20H16Cl2N2O3S. The predicted octanol–water partition coefficient (Wildman–Crippen LogP) is 4.72. The van der Waals surface area contributed by atoms with Gasteiger partial charge in [0.2, 0.25) is 0 Å². The summed E-state index contributed by atoms with van der Waals surface area (Å²) in [6, 6.07) is 19.4. The van der Waals surface area contributed by atoms with Crippen molar-refractivity contribution in [2.24, 2.45) is 0 Å². The molecule has 3 aromatic carbocycles. The van der Waals surface area contributed by atoms with Gasteiger partial charge in [0.15, 0.2) is 0 Å². The molecule has 1 amide bonds. The smallest absolute Gasteiger partial charge is 0.261 e. The number of amides is 1. The molecule has 0 aromatic heterocycles. The molecule has 0 aliphatic carbocycles. The number of benzene rings is 3. The predicted molar refractivity (Wildman–Crippen MR) is 111 cm³/mol. The van der Waals surface area contributed by atoms with Crippen molar-refractivity contribution in [1.29, 1.82) is 0 Å². The zero-order chi connectivity index (χ0) is 20.1. The molecule has 8 heteroatoms. The monoisotopic (exact) mass is 434 g/mol. The van der Waals surface area contributed by atoms with Gasteiger partial charge in [-0.2, -0.15) is 0 Å². The second-order valence-electron chi connectivity index (χ2n) is 5.89. The number of halogens is 2. The van der Waals surface area contributed by atoms with Crippen LogP contribution in [0.2, 0.25) is 10.0 Å². The van der Waals surface area contributed by atoms with Crippen molar-refractivity contribution in [3.8, 4) is 0 Å². The Labute approximate surface area is 173 Å². The molecule has 0 heterocycles. The number of rotatable bonds is 6. The fraction of sp³-hybridized carbons (Fsp3) is 0.0500. The standard InChI is InChI=1S/C20H16Cl2N2O3S/c21-18-9-5-4-6-14(18)13-23-20(25)17-12-15(10-11-19(17)22)24-28(26,27)16-7-2-1-3-8-16/h1-12,24H,13H2,(H,23,25). The number of carbonyl (C=O) groups is 1. The van der Waals surface area contributed by atoms with Crippen molar-refractivity contribution in [1.82, 2.24) is 5.32 Å². The van der Waals surface area contributed by atoms with Gasteiger partial charge in [0, 0.05) is 17.3 Å². The van der Waals surface area contributed by atoms with E-state index in [1.165, 1.54) is 30.3 Å². The minimum Gasteiger partial charge on any atom is -0.348 e. The van der Waals surface area contributed by atoms with Gasteiger partial charge < -0.3 is 5.32 Å². The first-order valence-corrected chi connectivity index (χ1v) is 10.5. The highest BCUT2D eigenvalue weighted by atomic mass is 35.5. The van der Waals surface area contributed by atoms with Gasteiger partial charge in [0.05, 0.1) is 15.5 Å². The fourth-order valence-corrected chi connectivity index (χ4v) is 3.97. The number of hydrogen-bond donors (Lipinski definition) is 2. The minimum atomic E-state index is -3.77.